The molecule has 0 bridgehead atoms. The van der Waals surface area contributed by atoms with Crippen LogP contribution in [0, 0.1) is 11.6 Å². The fraction of sp³-hybridized carbons (Fsp3) is 0.143. The van der Waals surface area contributed by atoms with Gasteiger partial charge in [-0.25, -0.2) is 13.8 Å². The Balaban J connectivity index is 2.13. The number of carbonyl (C=O) groups is 1. The molecule has 0 saturated heterocycles. The van der Waals surface area contributed by atoms with Crippen LogP contribution in [0.5, 0.6) is 5.75 Å². The summed E-state index contributed by atoms with van der Waals surface area (Å²) in [4.78, 5) is 15.9. The van der Waals surface area contributed by atoms with E-state index in [9.17, 15) is 13.6 Å². The maximum atomic E-state index is 13.1. The largest absolute Gasteiger partial charge is 0.496 e. The van der Waals surface area contributed by atoms with Gasteiger partial charge >= 0.3 is 0 Å². The lowest BCUT2D eigenvalue weighted by Gasteiger charge is -2.10. The molecule has 0 aliphatic rings. The van der Waals surface area contributed by atoms with Crippen molar-refractivity contribution < 1.29 is 18.3 Å². The van der Waals surface area contributed by atoms with Crippen LogP contribution in [0.2, 0.25) is 5.15 Å². The molecule has 110 valence electrons. The number of pyridine rings is 1. The molecule has 0 saturated carbocycles. The van der Waals surface area contributed by atoms with Crippen LogP contribution < -0.4 is 10.1 Å². The van der Waals surface area contributed by atoms with Crippen molar-refractivity contribution in [1.29, 1.82) is 0 Å². The third-order valence-electron chi connectivity index (χ3n) is 2.75. The second-order valence-corrected chi connectivity index (χ2v) is 4.47. The number of carbonyl (C=O) groups excluding carboxylic acids is 1. The minimum atomic E-state index is -0.973. The average Bonchev–Trinajstić information content (AvgIpc) is 2.47. The van der Waals surface area contributed by atoms with Crippen LogP contribution in [-0.4, -0.2) is 18.0 Å². The van der Waals surface area contributed by atoms with Gasteiger partial charge in [0.1, 0.15) is 16.5 Å². The number of hydrogen-bond acceptors (Lipinski definition) is 3. The highest BCUT2D eigenvalue weighted by Crippen LogP contribution is 2.23. The number of hydrogen-bond donors (Lipinski definition) is 1. The molecular weight excluding hydrogens is 302 g/mol. The van der Waals surface area contributed by atoms with Gasteiger partial charge in [0.15, 0.2) is 11.6 Å². The number of aromatic nitrogens is 1. The van der Waals surface area contributed by atoms with Crippen LogP contribution >= 0.6 is 11.6 Å². The van der Waals surface area contributed by atoms with Crippen LogP contribution in [-0.2, 0) is 6.54 Å². The van der Waals surface area contributed by atoms with Gasteiger partial charge < -0.3 is 10.1 Å². The number of ether oxygens (including phenoxy) is 1. The highest BCUT2D eigenvalue weighted by Gasteiger charge is 2.17. The molecule has 1 aromatic heterocycles. The van der Waals surface area contributed by atoms with E-state index in [4.69, 9.17) is 16.3 Å². The molecule has 0 radical (unpaired) electrons. The number of nitrogens with one attached hydrogen (secondary N) is 1. The van der Waals surface area contributed by atoms with Crippen molar-refractivity contribution >= 4 is 17.5 Å². The van der Waals surface area contributed by atoms with E-state index in [1.165, 1.54) is 25.4 Å². The molecule has 0 unspecified atom stereocenters. The molecular formula is C14H11ClF2N2O2. The van der Waals surface area contributed by atoms with Gasteiger partial charge in [0.05, 0.1) is 7.11 Å². The summed E-state index contributed by atoms with van der Waals surface area (Å²) in [7, 11) is 1.40. The number of methoxy groups -OCH3 is 1. The summed E-state index contributed by atoms with van der Waals surface area (Å²) >= 11 is 5.87. The van der Waals surface area contributed by atoms with Crippen molar-refractivity contribution in [2.45, 2.75) is 6.54 Å². The van der Waals surface area contributed by atoms with Crippen molar-refractivity contribution in [3.05, 3.63) is 58.4 Å². The molecule has 0 aliphatic heterocycles. The predicted octanol–water partition coefficient (Wildman–Crippen LogP) is 2.95. The molecule has 1 amide bonds. The standard InChI is InChI=1S/C14H11ClF2N2O2/c1-21-11-4-5-18-13(15)12(11)14(20)19-7-8-2-3-9(16)10(17)6-8/h2-6H,7H2,1H3,(H,19,20). The van der Waals surface area contributed by atoms with Gasteiger partial charge in [-0.3, -0.25) is 4.79 Å². The minimum absolute atomic E-state index is 0.00265. The zero-order valence-electron chi connectivity index (χ0n) is 11.0. The first-order valence-electron chi connectivity index (χ1n) is 5.93. The second kappa shape index (κ2) is 6.49. The van der Waals surface area contributed by atoms with E-state index in [2.05, 4.69) is 10.3 Å². The highest BCUT2D eigenvalue weighted by atomic mass is 35.5. The molecule has 2 rings (SSSR count). The molecule has 21 heavy (non-hydrogen) atoms. The van der Waals surface area contributed by atoms with Crippen LogP contribution in [0.4, 0.5) is 8.78 Å². The van der Waals surface area contributed by atoms with Crippen LogP contribution in [0.25, 0.3) is 0 Å². The van der Waals surface area contributed by atoms with E-state index in [0.717, 1.165) is 12.1 Å². The molecule has 2 aromatic rings. The predicted molar refractivity (Wildman–Crippen MR) is 73.3 cm³/mol. The lowest BCUT2D eigenvalue weighted by Crippen LogP contribution is -2.24. The van der Waals surface area contributed by atoms with E-state index in [1.807, 2.05) is 0 Å². The van der Waals surface area contributed by atoms with E-state index in [-0.39, 0.29) is 23.0 Å². The van der Waals surface area contributed by atoms with Gasteiger partial charge in [0, 0.05) is 12.7 Å². The third-order valence-corrected chi connectivity index (χ3v) is 3.04. The van der Waals surface area contributed by atoms with Crippen molar-refractivity contribution in [2.24, 2.45) is 0 Å². The van der Waals surface area contributed by atoms with E-state index < -0.39 is 17.5 Å². The van der Waals surface area contributed by atoms with Crippen molar-refractivity contribution in [2.75, 3.05) is 7.11 Å². The zero-order valence-corrected chi connectivity index (χ0v) is 11.7. The smallest absolute Gasteiger partial charge is 0.258 e. The number of benzene rings is 1. The molecule has 4 nitrogen and oxygen atoms in total. The average molecular weight is 313 g/mol. The maximum Gasteiger partial charge on any atom is 0.258 e. The lowest BCUT2D eigenvalue weighted by molar-refractivity contribution is 0.0947. The van der Waals surface area contributed by atoms with Gasteiger partial charge in [0.25, 0.3) is 5.91 Å². The molecule has 0 aliphatic carbocycles. The van der Waals surface area contributed by atoms with Gasteiger partial charge in [-0.1, -0.05) is 17.7 Å². The van der Waals surface area contributed by atoms with E-state index >= 15 is 0 Å². The maximum absolute atomic E-state index is 13.1. The molecule has 1 aromatic carbocycles. The fourth-order valence-corrected chi connectivity index (χ4v) is 1.95. The summed E-state index contributed by atoms with van der Waals surface area (Å²) in [6.07, 6.45) is 1.41. The quantitative estimate of drug-likeness (QED) is 0.883. The summed E-state index contributed by atoms with van der Waals surface area (Å²) < 4.78 is 30.9. The van der Waals surface area contributed by atoms with Crippen LogP contribution in [0.15, 0.2) is 30.5 Å². The van der Waals surface area contributed by atoms with Gasteiger partial charge in [-0.2, -0.15) is 0 Å². The number of halogens is 3. The Morgan fingerprint density at radius 1 is 1.33 bits per heavy atom. The molecule has 1 heterocycles. The monoisotopic (exact) mass is 312 g/mol. The van der Waals surface area contributed by atoms with Crippen molar-refractivity contribution in [1.82, 2.24) is 10.3 Å². The Bertz CT molecular complexity index is 680. The SMILES string of the molecule is COc1ccnc(Cl)c1C(=O)NCc1ccc(F)c(F)c1. The number of rotatable bonds is 4. The molecule has 1 N–H and O–H groups in total. The normalized spacial score (nSPS) is 10.3. The first kappa shape index (κ1) is 15.2. The van der Waals surface area contributed by atoms with E-state index in [1.54, 1.807) is 0 Å². The Morgan fingerprint density at radius 3 is 2.76 bits per heavy atom. The zero-order chi connectivity index (χ0) is 15.4. The van der Waals surface area contributed by atoms with E-state index in [0.29, 0.717) is 5.56 Å². The van der Waals surface area contributed by atoms with Crippen molar-refractivity contribution in [3.8, 4) is 5.75 Å². The minimum Gasteiger partial charge on any atom is -0.496 e. The van der Waals surface area contributed by atoms with Crippen LogP contribution in [0.1, 0.15) is 15.9 Å². The first-order chi connectivity index (χ1) is 10.0. The molecule has 0 atom stereocenters. The van der Waals surface area contributed by atoms with Gasteiger partial charge in [0.2, 0.25) is 0 Å². The fourth-order valence-electron chi connectivity index (χ4n) is 1.72. The lowest BCUT2D eigenvalue weighted by atomic mass is 10.2. The Hall–Kier alpha value is -2.21. The first-order valence-corrected chi connectivity index (χ1v) is 6.31. The summed E-state index contributed by atoms with van der Waals surface area (Å²) in [6.45, 7) is 0.0183. The summed E-state index contributed by atoms with van der Waals surface area (Å²) in [5, 5.41) is 2.54. The highest BCUT2D eigenvalue weighted by molar-refractivity contribution is 6.33. The number of amides is 1. The third kappa shape index (κ3) is 3.46. The summed E-state index contributed by atoms with van der Waals surface area (Å²) in [6, 6.07) is 4.88. The topological polar surface area (TPSA) is 51.2 Å². The summed E-state index contributed by atoms with van der Waals surface area (Å²) in [5.41, 5.74) is 0.505. The Labute approximate surface area is 124 Å². The van der Waals surface area contributed by atoms with Gasteiger partial charge in [-0.15, -0.1) is 0 Å². The van der Waals surface area contributed by atoms with Crippen molar-refractivity contribution in [3.63, 3.8) is 0 Å². The second-order valence-electron chi connectivity index (χ2n) is 4.11. The van der Waals surface area contributed by atoms with Gasteiger partial charge in [-0.05, 0) is 23.8 Å². The molecule has 7 heteroatoms. The molecule has 0 spiro atoms. The molecule has 0 fully saturated rings. The van der Waals surface area contributed by atoms with Crippen LogP contribution in [0.3, 0.4) is 0 Å². The summed E-state index contributed by atoms with van der Waals surface area (Å²) in [5.74, 6) is -2.16. The Morgan fingerprint density at radius 2 is 2.10 bits per heavy atom. The number of nitrogens with zero attached hydrogens (tertiary/aromatic N) is 1. The Kier molecular flexibility index (Phi) is 4.70.